The van der Waals surface area contributed by atoms with E-state index in [0.29, 0.717) is 30.9 Å². The van der Waals surface area contributed by atoms with E-state index in [0.717, 1.165) is 38.2 Å². The molecule has 0 bridgehead atoms. The highest BCUT2D eigenvalue weighted by Crippen LogP contribution is 2.16. The molecular weight excluding hydrogens is 387 g/mol. The smallest absolute Gasteiger partial charge is 0.254 e. The van der Waals surface area contributed by atoms with Crippen LogP contribution in [0.25, 0.3) is 0 Å². The second kappa shape index (κ2) is 12.1. The molecule has 1 aromatic rings. The highest BCUT2D eigenvalue weighted by molar-refractivity contribution is 5.96. The molecule has 0 saturated carbocycles. The summed E-state index contributed by atoms with van der Waals surface area (Å²) in [4.78, 5) is 31.0. The van der Waals surface area contributed by atoms with Crippen LogP contribution in [-0.2, 0) is 4.79 Å². The van der Waals surface area contributed by atoms with E-state index >= 15 is 0 Å². The van der Waals surface area contributed by atoms with Gasteiger partial charge in [0.1, 0.15) is 0 Å². The molecule has 0 spiro atoms. The monoisotopic (exact) mass is 418 g/mol. The minimum absolute atomic E-state index is 0. The summed E-state index contributed by atoms with van der Waals surface area (Å²) in [5.41, 5.74) is 8.06. The summed E-state index contributed by atoms with van der Waals surface area (Å²) in [5.74, 6) is 0.193. The standard InChI is InChI=1S/C19H30N4O2.2ClH/c1-4-22(5-2)18(24)14-21-9-6-10-23(12-11-21)19(25)17-13-16(20)8-7-15(17)3;;/h7-8,13H,4-6,9-12,14,20H2,1-3H3;2*1H. The number of hydrogen-bond acceptors (Lipinski definition) is 4. The predicted octanol–water partition coefficient (Wildman–Crippen LogP) is 2.44. The van der Waals surface area contributed by atoms with Crippen molar-refractivity contribution in [2.45, 2.75) is 27.2 Å². The number of benzene rings is 1. The van der Waals surface area contributed by atoms with Crippen molar-refractivity contribution in [3.63, 3.8) is 0 Å². The van der Waals surface area contributed by atoms with Crippen molar-refractivity contribution in [3.8, 4) is 0 Å². The number of amides is 2. The number of carbonyl (C=O) groups is 2. The first-order valence-corrected chi connectivity index (χ1v) is 9.11. The average molecular weight is 419 g/mol. The summed E-state index contributed by atoms with van der Waals surface area (Å²) in [6, 6.07) is 5.45. The molecule has 0 radical (unpaired) electrons. The van der Waals surface area contributed by atoms with Crippen LogP contribution in [0.5, 0.6) is 0 Å². The van der Waals surface area contributed by atoms with Gasteiger partial charge in [-0.2, -0.15) is 0 Å². The Morgan fingerprint density at radius 3 is 2.37 bits per heavy atom. The predicted molar refractivity (Wildman–Crippen MR) is 115 cm³/mol. The third kappa shape index (κ3) is 6.87. The molecule has 2 amide bonds. The lowest BCUT2D eigenvalue weighted by Crippen LogP contribution is -2.42. The molecule has 0 aromatic heterocycles. The first-order chi connectivity index (χ1) is 12.0. The minimum Gasteiger partial charge on any atom is -0.399 e. The van der Waals surface area contributed by atoms with Gasteiger partial charge in [-0.25, -0.2) is 0 Å². The Hall–Kier alpha value is -1.50. The molecule has 0 atom stereocenters. The van der Waals surface area contributed by atoms with Gasteiger partial charge < -0.3 is 15.5 Å². The Morgan fingerprint density at radius 1 is 1.07 bits per heavy atom. The van der Waals surface area contributed by atoms with Crippen molar-refractivity contribution >= 4 is 42.3 Å². The summed E-state index contributed by atoms with van der Waals surface area (Å²) in [7, 11) is 0. The molecule has 2 rings (SSSR count). The first-order valence-electron chi connectivity index (χ1n) is 9.11. The molecule has 0 aliphatic carbocycles. The van der Waals surface area contributed by atoms with E-state index in [9.17, 15) is 9.59 Å². The number of hydrogen-bond donors (Lipinski definition) is 1. The Bertz CT molecular complexity index is 624. The third-order valence-electron chi connectivity index (χ3n) is 4.84. The van der Waals surface area contributed by atoms with Crippen LogP contribution < -0.4 is 5.73 Å². The number of nitrogen functional groups attached to an aromatic ring is 1. The molecule has 8 heteroatoms. The molecule has 1 aliphatic heterocycles. The second-order valence-electron chi connectivity index (χ2n) is 6.56. The van der Waals surface area contributed by atoms with Crippen LogP contribution >= 0.6 is 24.8 Å². The van der Waals surface area contributed by atoms with Gasteiger partial charge in [0.15, 0.2) is 0 Å². The van der Waals surface area contributed by atoms with Gasteiger partial charge in [0.05, 0.1) is 6.54 Å². The number of nitrogens with two attached hydrogens (primary N) is 1. The summed E-state index contributed by atoms with van der Waals surface area (Å²) in [6.07, 6.45) is 0.874. The van der Waals surface area contributed by atoms with E-state index in [2.05, 4.69) is 4.90 Å². The van der Waals surface area contributed by atoms with Crippen LogP contribution in [0, 0.1) is 6.92 Å². The van der Waals surface area contributed by atoms with Crippen LogP contribution in [0.1, 0.15) is 36.2 Å². The number of nitrogens with zero attached hydrogens (tertiary/aromatic N) is 3. The van der Waals surface area contributed by atoms with Crippen molar-refractivity contribution in [2.75, 3.05) is 51.5 Å². The molecule has 1 aromatic carbocycles. The number of halogens is 2. The highest BCUT2D eigenvalue weighted by atomic mass is 35.5. The summed E-state index contributed by atoms with van der Waals surface area (Å²) >= 11 is 0. The van der Waals surface area contributed by atoms with Crippen LogP contribution in [0.3, 0.4) is 0 Å². The SMILES string of the molecule is CCN(CC)C(=O)CN1CCCN(C(=O)c2cc(N)ccc2C)CC1.Cl.Cl. The molecular formula is C19H32Cl2N4O2. The molecule has 154 valence electrons. The normalized spacial score (nSPS) is 14.6. The van der Waals surface area contributed by atoms with Gasteiger partial charge in [0, 0.05) is 50.5 Å². The second-order valence-corrected chi connectivity index (χ2v) is 6.56. The lowest BCUT2D eigenvalue weighted by atomic mass is 10.1. The van der Waals surface area contributed by atoms with Gasteiger partial charge in [-0.05, 0) is 44.9 Å². The quantitative estimate of drug-likeness (QED) is 0.745. The van der Waals surface area contributed by atoms with Gasteiger partial charge in [-0.15, -0.1) is 24.8 Å². The molecule has 1 saturated heterocycles. The van der Waals surface area contributed by atoms with Crippen LogP contribution in [0.4, 0.5) is 5.69 Å². The van der Waals surface area contributed by atoms with E-state index in [1.54, 1.807) is 6.07 Å². The zero-order chi connectivity index (χ0) is 18.4. The number of likely N-dealkylation sites (N-methyl/N-ethyl adjacent to an activating group) is 1. The maximum Gasteiger partial charge on any atom is 0.254 e. The number of carbonyl (C=O) groups excluding carboxylic acids is 2. The zero-order valence-electron chi connectivity index (χ0n) is 16.4. The summed E-state index contributed by atoms with van der Waals surface area (Å²) < 4.78 is 0. The van der Waals surface area contributed by atoms with Crippen molar-refractivity contribution in [1.29, 1.82) is 0 Å². The third-order valence-corrected chi connectivity index (χ3v) is 4.84. The van der Waals surface area contributed by atoms with Crippen molar-refractivity contribution in [3.05, 3.63) is 29.3 Å². The van der Waals surface area contributed by atoms with Gasteiger partial charge in [-0.3, -0.25) is 14.5 Å². The Balaban J connectivity index is 0.00000338. The average Bonchev–Trinajstić information content (AvgIpc) is 2.83. The van der Waals surface area contributed by atoms with E-state index < -0.39 is 0 Å². The molecule has 27 heavy (non-hydrogen) atoms. The maximum atomic E-state index is 12.8. The number of anilines is 1. The van der Waals surface area contributed by atoms with Crippen LogP contribution in [0.15, 0.2) is 18.2 Å². The molecule has 2 N–H and O–H groups in total. The number of rotatable bonds is 5. The van der Waals surface area contributed by atoms with Crippen molar-refractivity contribution in [1.82, 2.24) is 14.7 Å². The maximum absolute atomic E-state index is 12.8. The fraction of sp³-hybridized carbons (Fsp3) is 0.579. The Labute approximate surface area is 174 Å². The van der Waals surface area contributed by atoms with Crippen LogP contribution in [-0.4, -0.2) is 72.3 Å². The fourth-order valence-electron chi connectivity index (χ4n) is 3.24. The van der Waals surface area contributed by atoms with E-state index in [4.69, 9.17) is 5.73 Å². The van der Waals surface area contributed by atoms with E-state index in [1.165, 1.54) is 0 Å². The fourth-order valence-corrected chi connectivity index (χ4v) is 3.24. The minimum atomic E-state index is 0. The first kappa shape index (κ1) is 25.5. The van der Waals surface area contributed by atoms with Gasteiger partial charge >= 0.3 is 0 Å². The lowest BCUT2D eigenvalue weighted by molar-refractivity contribution is -0.132. The van der Waals surface area contributed by atoms with Gasteiger partial charge in [0.2, 0.25) is 5.91 Å². The zero-order valence-corrected chi connectivity index (χ0v) is 18.1. The largest absolute Gasteiger partial charge is 0.399 e. The molecule has 1 heterocycles. The highest BCUT2D eigenvalue weighted by Gasteiger charge is 2.23. The molecule has 1 fully saturated rings. The van der Waals surface area contributed by atoms with E-state index in [1.807, 2.05) is 42.7 Å². The molecule has 1 aliphatic rings. The number of aryl methyl sites for hydroxylation is 1. The summed E-state index contributed by atoms with van der Waals surface area (Å²) in [6.45, 7) is 10.7. The Morgan fingerprint density at radius 2 is 1.74 bits per heavy atom. The Kier molecular flexibility index (Phi) is 11.4. The topological polar surface area (TPSA) is 69.9 Å². The molecule has 6 nitrogen and oxygen atoms in total. The van der Waals surface area contributed by atoms with E-state index in [-0.39, 0.29) is 36.6 Å². The van der Waals surface area contributed by atoms with Crippen molar-refractivity contribution in [2.24, 2.45) is 0 Å². The van der Waals surface area contributed by atoms with Crippen molar-refractivity contribution < 1.29 is 9.59 Å². The van der Waals surface area contributed by atoms with Gasteiger partial charge in [-0.1, -0.05) is 6.07 Å². The molecule has 0 unspecified atom stereocenters. The summed E-state index contributed by atoms with van der Waals surface area (Å²) in [5, 5.41) is 0. The lowest BCUT2D eigenvalue weighted by Gasteiger charge is -2.25. The van der Waals surface area contributed by atoms with Crippen LogP contribution in [0.2, 0.25) is 0 Å². The van der Waals surface area contributed by atoms with Gasteiger partial charge in [0.25, 0.3) is 5.91 Å².